The summed E-state index contributed by atoms with van der Waals surface area (Å²) < 4.78 is 12.5. The number of ether oxygens (including phenoxy) is 2. The van der Waals surface area contributed by atoms with Crippen LogP contribution in [0.25, 0.3) is 0 Å². The van der Waals surface area contributed by atoms with E-state index in [0.29, 0.717) is 29.6 Å². The van der Waals surface area contributed by atoms with Crippen molar-refractivity contribution < 1.29 is 14.3 Å². The van der Waals surface area contributed by atoms with E-state index in [1.54, 1.807) is 11.8 Å². The van der Waals surface area contributed by atoms with Crippen LogP contribution in [-0.4, -0.2) is 39.9 Å². The van der Waals surface area contributed by atoms with Gasteiger partial charge in [-0.2, -0.15) is 4.68 Å². The molecule has 0 aliphatic carbocycles. The highest BCUT2D eigenvalue weighted by Crippen LogP contribution is 2.38. The monoisotopic (exact) mass is 343 g/mol. The molecule has 1 atom stereocenters. The third-order valence-electron chi connectivity index (χ3n) is 4.10. The van der Waals surface area contributed by atoms with E-state index >= 15 is 0 Å². The molecule has 3 rings (SSSR count). The lowest BCUT2D eigenvalue weighted by molar-refractivity contribution is -0.139. The molecule has 2 heterocycles. The van der Waals surface area contributed by atoms with Crippen LogP contribution in [0.2, 0.25) is 0 Å². The molecule has 25 heavy (non-hydrogen) atoms. The van der Waals surface area contributed by atoms with Gasteiger partial charge in [-0.1, -0.05) is 36.6 Å². The highest BCUT2D eigenvalue weighted by atomic mass is 16.5. The Hall–Kier alpha value is -2.90. The number of rotatable bonds is 6. The lowest BCUT2D eigenvalue weighted by Gasteiger charge is -2.28. The van der Waals surface area contributed by atoms with Gasteiger partial charge in [0.15, 0.2) is 0 Å². The molecule has 0 unspecified atom stereocenters. The summed E-state index contributed by atoms with van der Waals surface area (Å²) in [7, 11) is 1.59. The smallest absolute Gasteiger partial charge is 0.338 e. The number of anilines is 1. The lowest BCUT2D eigenvalue weighted by Crippen LogP contribution is -2.30. The SMILES string of the molecule is CCCCOC(=O)C1=C(C)Nc2nnnn2[C@H]1c1ccccc1OC. The van der Waals surface area contributed by atoms with Crippen molar-refractivity contribution >= 4 is 11.9 Å². The molecular weight excluding hydrogens is 322 g/mol. The Morgan fingerprint density at radius 2 is 2.16 bits per heavy atom. The number of tetrazole rings is 1. The first-order chi connectivity index (χ1) is 12.2. The van der Waals surface area contributed by atoms with Crippen molar-refractivity contribution in [1.82, 2.24) is 20.2 Å². The van der Waals surface area contributed by atoms with E-state index in [2.05, 4.69) is 20.8 Å². The van der Waals surface area contributed by atoms with Gasteiger partial charge in [0.2, 0.25) is 5.95 Å². The number of benzene rings is 1. The summed E-state index contributed by atoms with van der Waals surface area (Å²) >= 11 is 0. The molecule has 1 aromatic heterocycles. The van der Waals surface area contributed by atoms with Crippen molar-refractivity contribution in [3.05, 3.63) is 41.1 Å². The molecule has 2 aromatic rings. The number of unbranched alkanes of at least 4 members (excludes halogenated alkanes) is 1. The van der Waals surface area contributed by atoms with Crippen molar-refractivity contribution in [2.24, 2.45) is 0 Å². The number of fused-ring (bicyclic) bond motifs is 1. The zero-order chi connectivity index (χ0) is 17.8. The number of nitrogens with zero attached hydrogens (tertiary/aromatic N) is 4. The number of methoxy groups -OCH3 is 1. The Labute approximate surface area is 145 Å². The molecule has 0 spiro atoms. The summed E-state index contributed by atoms with van der Waals surface area (Å²) in [5.41, 5.74) is 1.93. The van der Waals surface area contributed by atoms with Crippen molar-refractivity contribution in [2.45, 2.75) is 32.7 Å². The van der Waals surface area contributed by atoms with E-state index in [-0.39, 0.29) is 5.97 Å². The molecular formula is C17H21N5O3. The maximum Gasteiger partial charge on any atom is 0.338 e. The Balaban J connectivity index is 2.06. The molecule has 1 N–H and O–H groups in total. The maximum absolute atomic E-state index is 12.8. The molecule has 1 aliphatic heterocycles. The average Bonchev–Trinajstić information content (AvgIpc) is 3.08. The van der Waals surface area contributed by atoms with Crippen LogP contribution in [0.5, 0.6) is 5.75 Å². The molecule has 0 bridgehead atoms. The fourth-order valence-corrected chi connectivity index (χ4v) is 2.84. The van der Waals surface area contributed by atoms with Gasteiger partial charge in [-0.05, 0) is 29.8 Å². The van der Waals surface area contributed by atoms with Crippen LogP contribution in [0.1, 0.15) is 38.3 Å². The summed E-state index contributed by atoms with van der Waals surface area (Å²) in [5, 5.41) is 14.8. The number of hydrogen-bond donors (Lipinski definition) is 1. The number of allylic oxidation sites excluding steroid dienone is 1. The number of aromatic nitrogens is 4. The topological polar surface area (TPSA) is 91.2 Å². The van der Waals surface area contributed by atoms with E-state index in [0.717, 1.165) is 18.4 Å². The fourth-order valence-electron chi connectivity index (χ4n) is 2.84. The van der Waals surface area contributed by atoms with E-state index in [9.17, 15) is 4.79 Å². The summed E-state index contributed by atoms with van der Waals surface area (Å²) in [4.78, 5) is 12.8. The third-order valence-corrected chi connectivity index (χ3v) is 4.10. The van der Waals surface area contributed by atoms with Crippen molar-refractivity contribution in [3.8, 4) is 5.75 Å². The Kier molecular flexibility index (Phi) is 4.97. The summed E-state index contributed by atoms with van der Waals surface area (Å²) in [6.45, 7) is 4.25. The minimum atomic E-state index is -0.517. The zero-order valence-corrected chi connectivity index (χ0v) is 14.5. The first-order valence-electron chi connectivity index (χ1n) is 8.23. The zero-order valence-electron chi connectivity index (χ0n) is 14.5. The van der Waals surface area contributed by atoms with E-state index in [1.165, 1.54) is 0 Å². The molecule has 0 fully saturated rings. The second kappa shape index (κ2) is 7.33. The van der Waals surface area contributed by atoms with Crippen molar-refractivity contribution in [1.29, 1.82) is 0 Å². The normalized spacial score (nSPS) is 16.2. The standard InChI is InChI=1S/C17H21N5O3/c1-4-5-10-25-16(23)14-11(2)18-17-19-20-21-22(17)15(14)12-8-6-7-9-13(12)24-3/h6-9,15H,4-5,10H2,1-3H3,(H,18,19,21)/t15-/m0/s1. The second-order valence-corrected chi connectivity index (χ2v) is 5.74. The molecule has 1 aromatic carbocycles. The van der Waals surface area contributed by atoms with E-state index in [1.807, 2.05) is 38.1 Å². The number of carbonyl (C=O) groups is 1. The quantitative estimate of drug-likeness (QED) is 0.635. The molecule has 0 radical (unpaired) electrons. The van der Waals surface area contributed by atoms with Crippen LogP contribution in [0.4, 0.5) is 5.95 Å². The van der Waals surface area contributed by atoms with Crippen LogP contribution < -0.4 is 10.1 Å². The second-order valence-electron chi connectivity index (χ2n) is 5.74. The van der Waals surface area contributed by atoms with Gasteiger partial charge in [0.1, 0.15) is 11.8 Å². The van der Waals surface area contributed by atoms with Crippen LogP contribution in [0.15, 0.2) is 35.5 Å². The molecule has 0 amide bonds. The number of hydrogen-bond acceptors (Lipinski definition) is 7. The minimum Gasteiger partial charge on any atom is -0.496 e. The minimum absolute atomic E-state index is 0.379. The first kappa shape index (κ1) is 16.9. The number of esters is 1. The van der Waals surface area contributed by atoms with E-state index < -0.39 is 6.04 Å². The van der Waals surface area contributed by atoms with Gasteiger partial charge in [-0.3, -0.25) is 0 Å². The largest absolute Gasteiger partial charge is 0.496 e. The van der Waals surface area contributed by atoms with Gasteiger partial charge >= 0.3 is 5.97 Å². The van der Waals surface area contributed by atoms with E-state index in [4.69, 9.17) is 9.47 Å². The lowest BCUT2D eigenvalue weighted by atomic mass is 9.95. The molecule has 132 valence electrons. The Morgan fingerprint density at radius 1 is 1.36 bits per heavy atom. The average molecular weight is 343 g/mol. The molecule has 1 aliphatic rings. The van der Waals surface area contributed by atoms with Gasteiger partial charge in [-0.15, -0.1) is 0 Å². The first-order valence-corrected chi connectivity index (χ1v) is 8.23. The summed E-state index contributed by atoms with van der Waals surface area (Å²) in [6, 6.07) is 6.99. The van der Waals surface area contributed by atoms with Gasteiger partial charge in [-0.25, -0.2) is 4.79 Å². The number of carbonyl (C=O) groups excluding carboxylic acids is 1. The third kappa shape index (κ3) is 3.19. The van der Waals surface area contributed by atoms with Crippen molar-refractivity contribution in [3.63, 3.8) is 0 Å². The van der Waals surface area contributed by atoms with Crippen LogP contribution in [0.3, 0.4) is 0 Å². The van der Waals surface area contributed by atoms with Gasteiger partial charge in [0, 0.05) is 11.3 Å². The van der Waals surface area contributed by atoms with Gasteiger partial charge in [0.05, 0.1) is 19.3 Å². The Bertz CT molecular complexity index is 799. The van der Waals surface area contributed by atoms with Crippen LogP contribution in [-0.2, 0) is 9.53 Å². The molecule has 0 saturated heterocycles. The number of para-hydroxylation sites is 1. The Morgan fingerprint density at radius 3 is 2.92 bits per heavy atom. The predicted molar refractivity (Wildman–Crippen MR) is 91.1 cm³/mol. The maximum atomic E-state index is 12.8. The van der Waals surface area contributed by atoms with Gasteiger partial charge < -0.3 is 14.8 Å². The van der Waals surface area contributed by atoms with Crippen molar-refractivity contribution in [2.75, 3.05) is 19.0 Å². The number of nitrogens with one attached hydrogen (secondary N) is 1. The molecule has 8 heteroatoms. The van der Waals surface area contributed by atoms with Crippen LogP contribution >= 0.6 is 0 Å². The highest BCUT2D eigenvalue weighted by Gasteiger charge is 2.36. The summed E-state index contributed by atoms with van der Waals surface area (Å²) in [6.07, 6.45) is 1.78. The van der Waals surface area contributed by atoms with Gasteiger partial charge in [0.25, 0.3) is 0 Å². The summed E-state index contributed by atoms with van der Waals surface area (Å²) in [5.74, 6) is 0.747. The fraction of sp³-hybridized carbons (Fsp3) is 0.412. The predicted octanol–water partition coefficient (Wildman–Crippen LogP) is 2.31. The molecule has 8 nitrogen and oxygen atoms in total. The molecule has 0 saturated carbocycles. The van der Waals surface area contributed by atoms with Crippen LogP contribution in [0, 0.1) is 0 Å². The highest BCUT2D eigenvalue weighted by molar-refractivity contribution is 5.92.